The van der Waals surface area contributed by atoms with E-state index in [2.05, 4.69) is 5.32 Å². The third-order valence-corrected chi connectivity index (χ3v) is 7.51. The van der Waals surface area contributed by atoms with Gasteiger partial charge in [0.25, 0.3) is 0 Å². The van der Waals surface area contributed by atoms with Gasteiger partial charge in [0.1, 0.15) is 5.82 Å². The van der Waals surface area contributed by atoms with E-state index in [4.69, 9.17) is 0 Å². The zero-order valence-electron chi connectivity index (χ0n) is 17.0. The number of carbonyl (C=O) groups excluding carboxylic acids is 1. The Morgan fingerprint density at radius 2 is 1.93 bits per heavy atom. The highest BCUT2D eigenvalue weighted by Gasteiger charge is 2.41. The van der Waals surface area contributed by atoms with Crippen molar-refractivity contribution in [1.29, 1.82) is 0 Å². The molecule has 1 aliphatic heterocycles. The van der Waals surface area contributed by atoms with E-state index in [1.54, 1.807) is 37.3 Å². The molecule has 3 rings (SSSR count). The molecule has 0 spiro atoms. The van der Waals surface area contributed by atoms with Crippen molar-refractivity contribution in [2.75, 3.05) is 13.1 Å². The van der Waals surface area contributed by atoms with Crippen LogP contribution in [0.4, 0.5) is 4.39 Å². The highest BCUT2D eigenvalue weighted by molar-refractivity contribution is 7.89. The standard InChI is InChI=1S/C22H27FN2O3S/c1-16-8-9-20(12-17(16)2)29(27,28)25-11-5-10-22(3,15-25)21(26)24-14-18-6-4-7-19(23)13-18/h4,6-9,12-13H,5,10-11,14-15H2,1-3H3,(H,24,26)/t22-/m0/s1. The molecule has 2 aromatic rings. The van der Waals surface area contributed by atoms with E-state index < -0.39 is 15.4 Å². The second kappa shape index (κ2) is 8.24. The largest absolute Gasteiger partial charge is 0.352 e. The van der Waals surface area contributed by atoms with Gasteiger partial charge in [-0.15, -0.1) is 0 Å². The Morgan fingerprint density at radius 1 is 1.17 bits per heavy atom. The van der Waals surface area contributed by atoms with Gasteiger partial charge in [0.15, 0.2) is 0 Å². The summed E-state index contributed by atoms with van der Waals surface area (Å²) in [5.41, 5.74) is 1.78. The lowest BCUT2D eigenvalue weighted by Crippen LogP contribution is -2.51. The molecule has 1 heterocycles. The fraction of sp³-hybridized carbons (Fsp3) is 0.409. The van der Waals surface area contributed by atoms with Crippen LogP contribution in [0, 0.1) is 25.1 Å². The maximum absolute atomic E-state index is 13.3. The predicted molar refractivity (Wildman–Crippen MR) is 110 cm³/mol. The van der Waals surface area contributed by atoms with Crippen molar-refractivity contribution in [2.24, 2.45) is 5.41 Å². The zero-order valence-corrected chi connectivity index (χ0v) is 17.9. The Labute approximate surface area is 172 Å². The van der Waals surface area contributed by atoms with Crippen molar-refractivity contribution in [3.8, 4) is 0 Å². The van der Waals surface area contributed by atoms with Gasteiger partial charge in [0.05, 0.1) is 10.3 Å². The van der Waals surface area contributed by atoms with E-state index in [0.29, 0.717) is 24.9 Å². The molecule has 0 aliphatic carbocycles. The fourth-order valence-corrected chi connectivity index (χ4v) is 5.34. The topological polar surface area (TPSA) is 66.5 Å². The minimum absolute atomic E-state index is 0.122. The van der Waals surface area contributed by atoms with Gasteiger partial charge < -0.3 is 5.32 Å². The average Bonchev–Trinajstić information content (AvgIpc) is 2.68. The zero-order chi connectivity index (χ0) is 21.2. The lowest BCUT2D eigenvalue weighted by atomic mass is 9.82. The Kier molecular flexibility index (Phi) is 6.10. The van der Waals surface area contributed by atoms with Gasteiger partial charge in [-0.3, -0.25) is 4.79 Å². The summed E-state index contributed by atoms with van der Waals surface area (Å²) in [5.74, 6) is -0.576. The van der Waals surface area contributed by atoms with Crippen LogP contribution in [0.5, 0.6) is 0 Å². The summed E-state index contributed by atoms with van der Waals surface area (Å²) in [7, 11) is -3.67. The normalized spacial score (nSPS) is 20.4. The molecule has 1 atom stereocenters. The molecule has 0 unspecified atom stereocenters. The van der Waals surface area contributed by atoms with E-state index in [9.17, 15) is 17.6 Å². The summed E-state index contributed by atoms with van der Waals surface area (Å²) in [6, 6.07) is 11.2. The second-order valence-corrected chi connectivity index (χ2v) is 10.00. The molecule has 0 aromatic heterocycles. The maximum Gasteiger partial charge on any atom is 0.243 e. The molecule has 0 radical (unpaired) electrons. The van der Waals surface area contributed by atoms with E-state index in [0.717, 1.165) is 11.1 Å². The molecule has 1 fully saturated rings. The molecule has 29 heavy (non-hydrogen) atoms. The molecular weight excluding hydrogens is 391 g/mol. The second-order valence-electron chi connectivity index (χ2n) is 8.06. The van der Waals surface area contributed by atoms with Crippen LogP contribution >= 0.6 is 0 Å². The van der Waals surface area contributed by atoms with E-state index >= 15 is 0 Å². The summed E-state index contributed by atoms with van der Waals surface area (Å²) in [4.78, 5) is 13.1. The summed E-state index contributed by atoms with van der Waals surface area (Å²) in [6.45, 7) is 6.33. The first-order valence-electron chi connectivity index (χ1n) is 9.72. The predicted octanol–water partition coefficient (Wildman–Crippen LogP) is 3.55. The Bertz CT molecular complexity index is 1020. The van der Waals surface area contributed by atoms with Gasteiger partial charge in [0.2, 0.25) is 15.9 Å². The van der Waals surface area contributed by atoms with Crippen LogP contribution in [0.15, 0.2) is 47.4 Å². The number of aryl methyl sites for hydroxylation is 2. The Hall–Kier alpha value is -2.25. The van der Waals surface area contributed by atoms with Crippen molar-refractivity contribution in [3.63, 3.8) is 0 Å². The number of rotatable bonds is 5. The quantitative estimate of drug-likeness (QED) is 0.808. The minimum atomic E-state index is -3.67. The van der Waals surface area contributed by atoms with E-state index in [1.807, 2.05) is 13.8 Å². The van der Waals surface area contributed by atoms with Crippen LogP contribution < -0.4 is 5.32 Å². The van der Waals surface area contributed by atoms with Crippen molar-refractivity contribution >= 4 is 15.9 Å². The monoisotopic (exact) mass is 418 g/mol. The van der Waals surface area contributed by atoms with Gasteiger partial charge in [0, 0.05) is 19.6 Å². The summed E-state index contributed by atoms with van der Waals surface area (Å²) in [5, 5.41) is 2.84. The first-order valence-corrected chi connectivity index (χ1v) is 11.2. The number of benzene rings is 2. The third kappa shape index (κ3) is 4.67. The first kappa shape index (κ1) is 21.5. The Morgan fingerprint density at radius 3 is 2.62 bits per heavy atom. The lowest BCUT2D eigenvalue weighted by Gasteiger charge is -2.38. The molecule has 0 bridgehead atoms. The van der Waals surface area contributed by atoms with E-state index in [-0.39, 0.29) is 29.7 Å². The van der Waals surface area contributed by atoms with Gasteiger partial charge in [-0.25, -0.2) is 12.8 Å². The van der Waals surface area contributed by atoms with Gasteiger partial charge in [-0.05, 0) is 74.6 Å². The van der Waals surface area contributed by atoms with Crippen molar-refractivity contribution in [2.45, 2.75) is 45.1 Å². The molecule has 1 amide bonds. The minimum Gasteiger partial charge on any atom is -0.352 e. The highest BCUT2D eigenvalue weighted by atomic mass is 32.2. The number of halogens is 1. The number of hydrogen-bond acceptors (Lipinski definition) is 3. The van der Waals surface area contributed by atoms with Crippen molar-refractivity contribution in [3.05, 3.63) is 65.0 Å². The van der Waals surface area contributed by atoms with Gasteiger partial charge >= 0.3 is 0 Å². The number of amides is 1. The van der Waals surface area contributed by atoms with Crippen LogP contribution in [0.1, 0.15) is 36.5 Å². The smallest absolute Gasteiger partial charge is 0.243 e. The molecule has 156 valence electrons. The van der Waals surface area contributed by atoms with Crippen molar-refractivity contribution < 1.29 is 17.6 Å². The molecule has 1 N–H and O–H groups in total. The number of hydrogen-bond donors (Lipinski definition) is 1. The van der Waals surface area contributed by atoms with Gasteiger partial charge in [-0.2, -0.15) is 4.31 Å². The molecule has 2 aromatic carbocycles. The number of sulfonamides is 1. The van der Waals surface area contributed by atoms with Crippen LogP contribution in [0.3, 0.4) is 0 Å². The maximum atomic E-state index is 13.3. The van der Waals surface area contributed by atoms with Crippen LogP contribution in [-0.4, -0.2) is 31.7 Å². The fourth-order valence-electron chi connectivity index (χ4n) is 3.65. The molecule has 7 heteroatoms. The highest BCUT2D eigenvalue weighted by Crippen LogP contribution is 2.33. The van der Waals surface area contributed by atoms with Crippen LogP contribution in [0.2, 0.25) is 0 Å². The summed E-state index contributed by atoms with van der Waals surface area (Å²) < 4.78 is 41.0. The molecule has 1 saturated heterocycles. The number of nitrogens with zero attached hydrogens (tertiary/aromatic N) is 1. The van der Waals surface area contributed by atoms with Crippen molar-refractivity contribution in [1.82, 2.24) is 9.62 Å². The number of nitrogens with one attached hydrogen (secondary N) is 1. The average molecular weight is 419 g/mol. The number of piperidine rings is 1. The van der Waals surface area contributed by atoms with Crippen LogP contribution in [-0.2, 0) is 21.4 Å². The lowest BCUT2D eigenvalue weighted by molar-refractivity contribution is -0.132. The third-order valence-electron chi connectivity index (χ3n) is 5.67. The van der Waals surface area contributed by atoms with Crippen LogP contribution in [0.25, 0.3) is 0 Å². The molecule has 0 saturated carbocycles. The molecule has 5 nitrogen and oxygen atoms in total. The molecule has 1 aliphatic rings. The summed E-state index contributed by atoms with van der Waals surface area (Å²) in [6.07, 6.45) is 1.20. The summed E-state index contributed by atoms with van der Waals surface area (Å²) >= 11 is 0. The molecular formula is C22H27FN2O3S. The first-order chi connectivity index (χ1) is 13.6. The SMILES string of the molecule is Cc1ccc(S(=O)(=O)N2CCC[C@](C)(C(=O)NCc3cccc(F)c3)C2)cc1C. The van der Waals surface area contributed by atoms with E-state index in [1.165, 1.54) is 16.4 Å². The number of carbonyl (C=O) groups is 1. The Balaban J connectivity index is 1.74. The van der Waals surface area contributed by atoms with Gasteiger partial charge in [-0.1, -0.05) is 18.2 Å².